The summed E-state index contributed by atoms with van der Waals surface area (Å²) in [5, 5.41) is 3.04. The van der Waals surface area contributed by atoms with E-state index >= 15 is 0 Å². The fourth-order valence-corrected chi connectivity index (χ4v) is 5.53. The molecule has 0 spiro atoms. The first kappa shape index (κ1) is 24.4. The highest BCUT2D eigenvalue weighted by atomic mass is 16.2. The predicted molar refractivity (Wildman–Crippen MR) is 148 cm³/mol. The fourth-order valence-electron chi connectivity index (χ4n) is 5.53. The summed E-state index contributed by atoms with van der Waals surface area (Å²) < 4.78 is 0. The Morgan fingerprint density at radius 1 is 0.784 bits per heavy atom. The van der Waals surface area contributed by atoms with Crippen LogP contribution < -0.4 is 10.2 Å². The van der Waals surface area contributed by atoms with Crippen molar-refractivity contribution in [1.82, 2.24) is 4.98 Å². The maximum absolute atomic E-state index is 14.1. The number of nitrogens with zero attached hydrogens (tertiary/aromatic N) is 2. The molecule has 0 saturated carbocycles. The third-order valence-electron chi connectivity index (χ3n) is 6.83. The van der Waals surface area contributed by atoms with E-state index in [1.807, 2.05) is 88.0 Å². The molecule has 5 rings (SSSR count). The number of carbonyl (C=O) groups excluding carboxylic acids is 2. The lowest BCUT2D eigenvalue weighted by Crippen LogP contribution is -2.46. The van der Waals surface area contributed by atoms with Gasteiger partial charge in [0.15, 0.2) is 0 Å². The normalized spacial score (nSPS) is 16.9. The summed E-state index contributed by atoms with van der Waals surface area (Å²) in [4.78, 5) is 34.6. The quantitative estimate of drug-likeness (QED) is 0.345. The number of hydrogen-bond acceptors (Lipinski definition) is 3. The Hall–Kier alpha value is -4.25. The van der Waals surface area contributed by atoms with Crippen molar-refractivity contribution in [3.05, 3.63) is 124 Å². The van der Waals surface area contributed by atoms with Gasteiger partial charge in [-0.25, -0.2) is 4.98 Å². The van der Waals surface area contributed by atoms with Gasteiger partial charge in [-0.1, -0.05) is 59.7 Å². The largest absolute Gasteiger partial charge is 0.310 e. The highest BCUT2D eigenvalue weighted by molar-refractivity contribution is 6.12. The first-order chi connectivity index (χ1) is 17.7. The van der Waals surface area contributed by atoms with E-state index in [2.05, 4.69) is 34.6 Å². The molecule has 1 aliphatic rings. The molecule has 5 nitrogen and oxygen atoms in total. The number of hydrogen-bond donors (Lipinski definition) is 1. The Balaban J connectivity index is 1.75. The number of amides is 2. The molecule has 0 bridgehead atoms. The summed E-state index contributed by atoms with van der Waals surface area (Å²) in [6, 6.07) is 24.9. The molecule has 5 heteroatoms. The average Bonchev–Trinajstić information content (AvgIpc) is 2.82. The van der Waals surface area contributed by atoms with Crippen molar-refractivity contribution in [3.8, 4) is 0 Å². The van der Waals surface area contributed by atoms with Crippen molar-refractivity contribution >= 4 is 23.3 Å². The highest BCUT2D eigenvalue weighted by Crippen LogP contribution is 2.46. The van der Waals surface area contributed by atoms with E-state index in [0.29, 0.717) is 11.4 Å². The fraction of sp³-hybridized carbons (Fsp3) is 0.219. The van der Waals surface area contributed by atoms with Gasteiger partial charge in [-0.05, 0) is 87.2 Å². The van der Waals surface area contributed by atoms with Crippen LogP contribution in [0.5, 0.6) is 0 Å². The van der Waals surface area contributed by atoms with Crippen molar-refractivity contribution in [3.63, 3.8) is 0 Å². The second kappa shape index (κ2) is 9.66. The third-order valence-corrected chi connectivity index (χ3v) is 6.83. The Morgan fingerprint density at radius 3 is 2.05 bits per heavy atom. The van der Waals surface area contributed by atoms with Gasteiger partial charge < -0.3 is 5.32 Å². The van der Waals surface area contributed by atoms with Gasteiger partial charge in [0.2, 0.25) is 5.91 Å². The van der Waals surface area contributed by atoms with Gasteiger partial charge in [-0.15, -0.1) is 0 Å². The average molecular weight is 490 g/mol. The Labute approximate surface area is 218 Å². The first-order valence-electron chi connectivity index (χ1n) is 12.5. The molecule has 4 aromatic rings. The van der Waals surface area contributed by atoms with Crippen LogP contribution in [0.3, 0.4) is 0 Å². The molecule has 2 unspecified atom stereocenters. The van der Waals surface area contributed by atoms with Crippen LogP contribution in [-0.2, 0) is 4.79 Å². The van der Waals surface area contributed by atoms with Gasteiger partial charge in [-0.3, -0.25) is 14.5 Å². The Bertz CT molecular complexity index is 1480. The number of pyridine rings is 1. The van der Waals surface area contributed by atoms with Gasteiger partial charge in [-0.2, -0.15) is 0 Å². The molecule has 186 valence electrons. The monoisotopic (exact) mass is 489 g/mol. The molecule has 2 atom stereocenters. The summed E-state index contributed by atoms with van der Waals surface area (Å²) in [6.07, 6.45) is 0. The summed E-state index contributed by atoms with van der Waals surface area (Å²) in [5.74, 6) is -0.450. The van der Waals surface area contributed by atoms with Gasteiger partial charge >= 0.3 is 0 Å². The van der Waals surface area contributed by atoms with E-state index in [9.17, 15) is 9.59 Å². The molecule has 1 aliphatic heterocycles. The summed E-state index contributed by atoms with van der Waals surface area (Å²) >= 11 is 0. The topological polar surface area (TPSA) is 62.3 Å². The van der Waals surface area contributed by atoms with E-state index in [4.69, 9.17) is 0 Å². The maximum atomic E-state index is 14.1. The van der Waals surface area contributed by atoms with Crippen LogP contribution in [0.25, 0.3) is 0 Å². The highest BCUT2D eigenvalue weighted by Gasteiger charge is 2.45. The molecule has 3 aromatic carbocycles. The van der Waals surface area contributed by atoms with E-state index in [1.54, 1.807) is 6.07 Å². The minimum absolute atomic E-state index is 0.109. The Kier molecular flexibility index (Phi) is 6.38. The van der Waals surface area contributed by atoms with Crippen molar-refractivity contribution in [1.29, 1.82) is 0 Å². The lowest BCUT2D eigenvalue weighted by Gasteiger charge is -2.42. The summed E-state index contributed by atoms with van der Waals surface area (Å²) in [7, 11) is 0. The van der Waals surface area contributed by atoms with Crippen LogP contribution in [0.1, 0.15) is 61.4 Å². The second-order valence-corrected chi connectivity index (χ2v) is 10.1. The minimum atomic E-state index is -0.641. The van der Waals surface area contributed by atoms with E-state index < -0.39 is 12.0 Å². The van der Waals surface area contributed by atoms with Gasteiger partial charge in [0.1, 0.15) is 5.82 Å². The molecule has 0 aliphatic carbocycles. The number of anilines is 2. The van der Waals surface area contributed by atoms with Crippen LogP contribution in [0.15, 0.2) is 78.9 Å². The molecule has 0 fully saturated rings. The summed E-state index contributed by atoms with van der Waals surface area (Å²) in [6.45, 7) is 10.0. The van der Waals surface area contributed by atoms with Crippen LogP contribution in [0, 0.1) is 34.6 Å². The zero-order valence-electron chi connectivity index (χ0n) is 21.9. The molecule has 1 aromatic heterocycles. The number of carbonyl (C=O) groups is 2. The molecule has 37 heavy (non-hydrogen) atoms. The molecule has 2 amide bonds. The van der Waals surface area contributed by atoms with Crippen molar-refractivity contribution in [2.75, 3.05) is 10.2 Å². The van der Waals surface area contributed by atoms with Crippen LogP contribution >= 0.6 is 0 Å². The van der Waals surface area contributed by atoms with Gasteiger partial charge in [0, 0.05) is 16.9 Å². The van der Waals surface area contributed by atoms with Gasteiger partial charge in [0.05, 0.1) is 12.0 Å². The molecule has 0 radical (unpaired) electrons. The Morgan fingerprint density at radius 2 is 1.41 bits per heavy atom. The number of aryl methyl sites for hydroxylation is 5. The number of nitrogens with one attached hydrogen (secondary N) is 1. The van der Waals surface area contributed by atoms with E-state index in [-0.39, 0.29) is 11.8 Å². The molecular weight excluding hydrogens is 458 g/mol. The predicted octanol–water partition coefficient (Wildman–Crippen LogP) is 6.75. The van der Waals surface area contributed by atoms with Crippen LogP contribution in [0.4, 0.5) is 11.5 Å². The lowest BCUT2D eigenvalue weighted by atomic mass is 9.78. The number of aromatic nitrogens is 1. The SMILES string of the molecule is Cc1cc(C)cc(C2C(C(=O)Nc3cccc(C)n3)c3ccccc3C(=O)N2c2cc(C)cc(C)c2)c1. The van der Waals surface area contributed by atoms with E-state index in [0.717, 1.165) is 44.8 Å². The maximum Gasteiger partial charge on any atom is 0.259 e. The molecule has 2 heterocycles. The van der Waals surface area contributed by atoms with Crippen LogP contribution in [-0.4, -0.2) is 16.8 Å². The first-order valence-corrected chi connectivity index (χ1v) is 12.5. The molecular formula is C32H31N3O2. The third kappa shape index (κ3) is 4.77. The zero-order chi connectivity index (χ0) is 26.3. The van der Waals surface area contributed by atoms with Crippen molar-refractivity contribution in [2.45, 2.75) is 46.6 Å². The van der Waals surface area contributed by atoms with Crippen LogP contribution in [0.2, 0.25) is 0 Å². The van der Waals surface area contributed by atoms with Crippen molar-refractivity contribution < 1.29 is 9.59 Å². The van der Waals surface area contributed by atoms with E-state index in [1.165, 1.54) is 0 Å². The number of rotatable bonds is 4. The molecule has 0 saturated heterocycles. The smallest absolute Gasteiger partial charge is 0.259 e. The lowest BCUT2D eigenvalue weighted by molar-refractivity contribution is -0.118. The summed E-state index contributed by atoms with van der Waals surface area (Å²) in [5.41, 5.74) is 8.09. The van der Waals surface area contributed by atoms with Crippen molar-refractivity contribution in [2.24, 2.45) is 0 Å². The standard InChI is InChI=1S/C32H31N3O2/c1-19-13-20(2)16-24(15-19)30-29(31(36)34-28-12-8-9-23(5)33-28)26-10-6-7-11-27(26)32(37)35(30)25-17-21(3)14-22(4)18-25/h6-18,29-30H,1-5H3,(H,33,34,36). The second-order valence-electron chi connectivity index (χ2n) is 10.1. The number of fused-ring (bicyclic) bond motifs is 1. The number of benzene rings is 3. The minimum Gasteiger partial charge on any atom is -0.310 e. The zero-order valence-corrected chi connectivity index (χ0v) is 21.9. The van der Waals surface area contributed by atoms with Gasteiger partial charge in [0.25, 0.3) is 5.91 Å². The molecule has 1 N–H and O–H groups in total.